The third kappa shape index (κ3) is 3.93. The van der Waals surface area contributed by atoms with Gasteiger partial charge in [-0.25, -0.2) is 9.78 Å². The molecule has 9 heteroatoms. The molecular weight excluding hydrogens is 384 g/mol. The number of nitrogens with zero attached hydrogens (tertiary/aromatic N) is 2. The Kier molecular flexibility index (Phi) is 6.01. The maximum Gasteiger partial charge on any atom is 0.321 e. The lowest BCUT2D eigenvalue weighted by atomic mass is 10.2. The molecule has 0 radical (unpaired) electrons. The Hall–Kier alpha value is -2.13. The topological polar surface area (TPSA) is 93.1 Å². The maximum absolute atomic E-state index is 13.1. The molecule has 2 aromatic rings. The van der Waals surface area contributed by atoms with Gasteiger partial charge in [0.15, 0.2) is 5.16 Å². The monoisotopic (exact) mass is 406 g/mol. The Morgan fingerprint density at radius 3 is 2.93 bits per heavy atom. The molecule has 0 aromatic carbocycles. The lowest BCUT2D eigenvalue weighted by molar-refractivity contribution is -0.119. The summed E-state index contributed by atoms with van der Waals surface area (Å²) < 4.78 is 1.56. The number of rotatable bonds is 6. The predicted molar refractivity (Wildman–Crippen MR) is 109 cm³/mol. The zero-order chi connectivity index (χ0) is 19.6. The quantitative estimate of drug-likeness (QED) is 0.437. The average molecular weight is 407 g/mol. The molecule has 27 heavy (non-hydrogen) atoms. The Morgan fingerprint density at radius 2 is 2.22 bits per heavy atom. The second-order valence-electron chi connectivity index (χ2n) is 6.25. The molecule has 1 aliphatic rings. The predicted octanol–water partition coefficient (Wildman–Crippen LogP) is 2.46. The molecule has 3 amide bonds. The molecule has 144 valence electrons. The van der Waals surface area contributed by atoms with Gasteiger partial charge < -0.3 is 5.32 Å². The zero-order valence-corrected chi connectivity index (χ0v) is 17.0. The number of urea groups is 1. The van der Waals surface area contributed by atoms with Crippen molar-refractivity contribution in [2.24, 2.45) is 0 Å². The normalized spacial score (nSPS) is 14.0. The molecule has 1 unspecified atom stereocenters. The summed E-state index contributed by atoms with van der Waals surface area (Å²) in [6.07, 6.45) is 4.62. The molecule has 0 saturated carbocycles. The summed E-state index contributed by atoms with van der Waals surface area (Å²) in [5, 5.41) is 5.40. The zero-order valence-electron chi connectivity index (χ0n) is 15.3. The number of thiophene rings is 1. The first kappa shape index (κ1) is 19.6. The van der Waals surface area contributed by atoms with Crippen LogP contribution < -0.4 is 16.2 Å². The van der Waals surface area contributed by atoms with Crippen LogP contribution in [-0.4, -0.2) is 33.3 Å². The van der Waals surface area contributed by atoms with Crippen molar-refractivity contribution in [1.29, 1.82) is 0 Å². The third-order valence-electron chi connectivity index (χ3n) is 4.33. The largest absolute Gasteiger partial charge is 0.338 e. The van der Waals surface area contributed by atoms with Crippen LogP contribution in [0.1, 0.15) is 30.7 Å². The number of fused-ring (bicyclic) bond motifs is 3. The number of amides is 3. The van der Waals surface area contributed by atoms with Gasteiger partial charge >= 0.3 is 6.03 Å². The Morgan fingerprint density at radius 1 is 1.44 bits per heavy atom. The lowest BCUT2D eigenvalue weighted by Crippen LogP contribution is -2.42. The van der Waals surface area contributed by atoms with Gasteiger partial charge in [0.25, 0.3) is 5.56 Å². The minimum absolute atomic E-state index is 0.0851. The van der Waals surface area contributed by atoms with Crippen molar-refractivity contribution < 1.29 is 9.59 Å². The van der Waals surface area contributed by atoms with Gasteiger partial charge in [-0.05, 0) is 38.7 Å². The molecule has 2 N–H and O–H groups in total. The van der Waals surface area contributed by atoms with Crippen molar-refractivity contribution in [2.75, 3.05) is 6.54 Å². The van der Waals surface area contributed by atoms with Crippen LogP contribution in [0, 0.1) is 0 Å². The fourth-order valence-corrected chi connectivity index (χ4v) is 5.29. The van der Waals surface area contributed by atoms with Crippen LogP contribution in [0.3, 0.4) is 0 Å². The van der Waals surface area contributed by atoms with Crippen LogP contribution in [0.25, 0.3) is 10.2 Å². The van der Waals surface area contributed by atoms with Gasteiger partial charge in [-0.3, -0.25) is 19.5 Å². The third-order valence-corrected chi connectivity index (χ3v) is 6.60. The van der Waals surface area contributed by atoms with Crippen molar-refractivity contribution in [3.63, 3.8) is 0 Å². The van der Waals surface area contributed by atoms with E-state index < -0.39 is 17.2 Å². The van der Waals surface area contributed by atoms with Crippen molar-refractivity contribution in [3.8, 4) is 0 Å². The van der Waals surface area contributed by atoms with E-state index in [-0.39, 0.29) is 5.56 Å². The number of aromatic nitrogens is 2. The number of hydrogen-bond acceptors (Lipinski definition) is 6. The summed E-state index contributed by atoms with van der Waals surface area (Å²) in [5.74, 6) is -0.431. The Bertz CT molecular complexity index is 964. The summed E-state index contributed by atoms with van der Waals surface area (Å²) >= 11 is 2.73. The van der Waals surface area contributed by atoms with Crippen molar-refractivity contribution >= 4 is 45.3 Å². The number of nitrogens with one attached hydrogen (secondary N) is 2. The van der Waals surface area contributed by atoms with E-state index >= 15 is 0 Å². The van der Waals surface area contributed by atoms with E-state index in [0.717, 1.165) is 29.7 Å². The maximum atomic E-state index is 13.1. The van der Waals surface area contributed by atoms with Gasteiger partial charge in [-0.1, -0.05) is 17.8 Å². The van der Waals surface area contributed by atoms with E-state index in [4.69, 9.17) is 0 Å². The van der Waals surface area contributed by atoms with Crippen molar-refractivity contribution in [2.45, 2.75) is 50.1 Å². The van der Waals surface area contributed by atoms with E-state index in [2.05, 4.69) is 22.2 Å². The van der Waals surface area contributed by atoms with E-state index in [9.17, 15) is 14.4 Å². The van der Waals surface area contributed by atoms with Gasteiger partial charge in [0.2, 0.25) is 5.91 Å². The molecule has 7 nitrogen and oxygen atoms in total. The molecule has 1 atom stereocenters. The van der Waals surface area contributed by atoms with E-state index in [0.29, 0.717) is 23.6 Å². The molecule has 3 rings (SSSR count). The summed E-state index contributed by atoms with van der Waals surface area (Å²) in [4.78, 5) is 43.5. The summed E-state index contributed by atoms with van der Waals surface area (Å²) in [6.45, 7) is 7.93. The molecule has 2 heterocycles. The first-order valence-corrected chi connectivity index (χ1v) is 10.6. The highest BCUT2D eigenvalue weighted by molar-refractivity contribution is 8.00. The van der Waals surface area contributed by atoms with Gasteiger partial charge in [0.05, 0.1) is 10.6 Å². The van der Waals surface area contributed by atoms with Crippen LogP contribution in [-0.2, 0) is 24.2 Å². The Balaban J connectivity index is 1.92. The fourth-order valence-electron chi connectivity index (χ4n) is 3.07. The second kappa shape index (κ2) is 8.26. The summed E-state index contributed by atoms with van der Waals surface area (Å²) in [6, 6.07) is -0.531. The highest BCUT2D eigenvalue weighted by atomic mass is 32.2. The smallest absolute Gasteiger partial charge is 0.321 e. The van der Waals surface area contributed by atoms with E-state index in [1.165, 1.54) is 16.6 Å². The van der Waals surface area contributed by atoms with Gasteiger partial charge in [0, 0.05) is 18.0 Å². The minimum Gasteiger partial charge on any atom is -0.338 e. The Labute approximate surface area is 165 Å². The first-order valence-electron chi connectivity index (χ1n) is 8.87. The molecular formula is C18H22N4O3S2. The molecule has 1 aliphatic carbocycles. The summed E-state index contributed by atoms with van der Waals surface area (Å²) in [7, 11) is 0. The number of hydrogen-bond donors (Lipinski definition) is 2. The standard InChI is InChI=1S/C18H22N4O3S2/c1-4-9-22-16(24)13-11-7-6-8-12(11)27-15(13)21-18(22)26-10(3)14(23)20-17(25)19-5-2/h4,10H,1,5-9H2,2-3H3,(H2,19,20,23,25). The van der Waals surface area contributed by atoms with Crippen LogP contribution in [0.15, 0.2) is 22.6 Å². The van der Waals surface area contributed by atoms with Crippen LogP contribution >= 0.6 is 23.1 Å². The number of carbonyl (C=O) groups excluding carboxylic acids is 2. The number of allylic oxidation sites excluding steroid dienone is 1. The van der Waals surface area contributed by atoms with Crippen molar-refractivity contribution in [3.05, 3.63) is 33.4 Å². The highest BCUT2D eigenvalue weighted by Gasteiger charge is 2.25. The number of carbonyl (C=O) groups is 2. The number of aryl methyl sites for hydroxylation is 2. The molecule has 0 spiro atoms. The van der Waals surface area contributed by atoms with E-state index in [1.54, 1.807) is 35.8 Å². The van der Waals surface area contributed by atoms with Crippen LogP contribution in [0.5, 0.6) is 0 Å². The molecule has 0 saturated heterocycles. The molecule has 0 fully saturated rings. The lowest BCUT2D eigenvalue weighted by Gasteiger charge is -2.14. The van der Waals surface area contributed by atoms with E-state index in [1.807, 2.05) is 0 Å². The van der Waals surface area contributed by atoms with Gasteiger partial charge in [-0.15, -0.1) is 17.9 Å². The number of thioether (sulfide) groups is 1. The second-order valence-corrected chi connectivity index (χ2v) is 8.64. The molecule has 0 aliphatic heterocycles. The van der Waals surface area contributed by atoms with Crippen molar-refractivity contribution in [1.82, 2.24) is 20.2 Å². The highest BCUT2D eigenvalue weighted by Crippen LogP contribution is 2.36. The number of imide groups is 1. The first-order chi connectivity index (χ1) is 13.0. The molecule has 0 bridgehead atoms. The average Bonchev–Trinajstić information content (AvgIpc) is 3.18. The van der Waals surface area contributed by atoms with Gasteiger partial charge in [0.1, 0.15) is 4.83 Å². The molecule has 2 aromatic heterocycles. The minimum atomic E-state index is -0.583. The summed E-state index contributed by atoms with van der Waals surface area (Å²) in [5.41, 5.74) is 1.04. The van der Waals surface area contributed by atoms with Crippen LogP contribution in [0.4, 0.5) is 4.79 Å². The fraction of sp³-hybridized carbons (Fsp3) is 0.444. The SMILES string of the molecule is C=CCn1c(SC(C)C(=O)NC(=O)NCC)nc2sc3c(c2c1=O)CCC3. The van der Waals surface area contributed by atoms with Gasteiger partial charge in [-0.2, -0.15) is 0 Å². The van der Waals surface area contributed by atoms with Crippen LogP contribution in [0.2, 0.25) is 0 Å².